The molecule has 0 N–H and O–H groups in total. The Balaban J connectivity index is 3.07. The number of carbonyl (C=O) groups is 1. The first kappa shape index (κ1) is 43.9. The van der Waals surface area contributed by atoms with Crippen molar-refractivity contribution in [3.05, 3.63) is 12.7 Å². The Labute approximate surface area is 271 Å². The Bertz CT molecular complexity index is 624. The molecule has 0 spiro atoms. The summed E-state index contributed by atoms with van der Waals surface area (Å²) in [6.45, 7) is 21.5. The van der Waals surface area contributed by atoms with Crippen molar-refractivity contribution in [1.29, 1.82) is 0 Å². The fourth-order valence-corrected chi connectivity index (χ4v) is 3.66. The van der Waals surface area contributed by atoms with Gasteiger partial charge in [-0.25, -0.2) is 4.79 Å². The molecule has 0 rings (SSSR count). The summed E-state index contributed by atoms with van der Waals surface area (Å²) in [5, 5.41) is 0. The van der Waals surface area contributed by atoms with E-state index in [4.69, 9.17) is 61.3 Å². The molecule has 0 aromatic rings. The molecule has 0 saturated carbocycles. The molecule has 0 bridgehead atoms. The molecular formula is C30H60O14Si. The van der Waals surface area contributed by atoms with E-state index in [0.29, 0.717) is 152 Å². The maximum Gasteiger partial charge on any atom is 0.330 e. The molecule has 45 heavy (non-hydrogen) atoms. The second-order valence-electron chi connectivity index (χ2n) is 10.1. The van der Waals surface area contributed by atoms with Crippen molar-refractivity contribution >= 4 is 14.3 Å². The molecule has 0 atom stereocenters. The number of esters is 1. The lowest BCUT2D eigenvalue weighted by Crippen LogP contribution is -2.27. The molecule has 0 saturated heterocycles. The van der Waals surface area contributed by atoms with Crippen molar-refractivity contribution in [2.24, 2.45) is 0 Å². The number of hydrogen-bond acceptors (Lipinski definition) is 14. The zero-order valence-electron chi connectivity index (χ0n) is 28.0. The summed E-state index contributed by atoms with van der Waals surface area (Å²) in [6.07, 6.45) is 1.11. The lowest BCUT2D eigenvalue weighted by atomic mass is 10.6. The summed E-state index contributed by atoms with van der Waals surface area (Å²) >= 11 is 0. The topological polar surface area (TPSA) is 137 Å². The Kier molecular flexibility index (Phi) is 35.0. The predicted octanol–water partition coefficient (Wildman–Crippen LogP) is 1.75. The smallest absolute Gasteiger partial charge is 0.330 e. The molecule has 0 fully saturated rings. The van der Waals surface area contributed by atoms with Crippen molar-refractivity contribution in [2.75, 3.05) is 159 Å². The summed E-state index contributed by atoms with van der Waals surface area (Å²) in [4.78, 5) is 10.8. The first-order chi connectivity index (χ1) is 22.0. The number of ether oxygens (including phenoxy) is 12. The molecular weight excluding hydrogens is 612 g/mol. The van der Waals surface area contributed by atoms with Gasteiger partial charge >= 0.3 is 5.97 Å². The van der Waals surface area contributed by atoms with Crippen molar-refractivity contribution in [3.8, 4) is 0 Å². The van der Waals surface area contributed by atoms with Crippen LogP contribution in [0.2, 0.25) is 19.6 Å². The van der Waals surface area contributed by atoms with E-state index in [1.807, 2.05) is 0 Å². The van der Waals surface area contributed by atoms with Gasteiger partial charge in [0, 0.05) is 6.08 Å². The predicted molar refractivity (Wildman–Crippen MR) is 169 cm³/mol. The van der Waals surface area contributed by atoms with Gasteiger partial charge in [-0.15, -0.1) is 0 Å². The second kappa shape index (κ2) is 35.8. The van der Waals surface area contributed by atoms with Crippen LogP contribution >= 0.6 is 0 Å². The molecule has 0 amide bonds. The van der Waals surface area contributed by atoms with Gasteiger partial charge in [0.1, 0.15) is 6.61 Å². The fraction of sp³-hybridized carbons (Fsp3) is 0.900. The van der Waals surface area contributed by atoms with Crippen LogP contribution in [0.1, 0.15) is 0 Å². The molecule has 14 nitrogen and oxygen atoms in total. The zero-order valence-corrected chi connectivity index (χ0v) is 29.0. The van der Waals surface area contributed by atoms with E-state index in [2.05, 4.69) is 26.2 Å². The van der Waals surface area contributed by atoms with E-state index in [1.54, 1.807) is 0 Å². The van der Waals surface area contributed by atoms with Gasteiger partial charge in [0.15, 0.2) is 8.32 Å². The van der Waals surface area contributed by atoms with E-state index in [0.717, 1.165) is 6.08 Å². The average molecular weight is 673 g/mol. The van der Waals surface area contributed by atoms with Crippen molar-refractivity contribution in [3.63, 3.8) is 0 Å². The summed E-state index contributed by atoms with van der Waals surface area (Å²) in [5.41, 5.74) is 0. The highest BCUT2D eigenvalue weighted by molar-refractivity contribution is 6.69. The highest BCUT2D eigenvalue weighted by atomic mass is 28.4. The lowest BCUT2D eigenvalue weighted by molar-refractivity contribution is -0.139. The van der Waals surface area contributed by atoms with Crippen LogP contribution in [-0.4, -0.2) is 173 Å². The van der Waals surface area contributed by atoms with Crippen molar-refractivity contribution < 1.29 is 66.1 Å². The van der Waals surface area contributed by atoms with Gasteiger partial charge < -0.3 is 61.3 Å². The summed E-state index contributed by atoms with van der Waals surface area (Å²) in [7, 11) is -1.45. The van der Waals surface area contributed by atoms with Crippen LogP contribution < -0.4 is 0 Å². The minimum Gasteiger partial charge on any atom is -0.460 e. The highest BCUT2D eigenvalue weighted by Crippen LogP contribution is 2.01. The Morgan fingerprint density at radius 2 is 0.600 bits per heavy atom. The van der Waals surface area contributed by atoms with E-state index < -0.39 is 14.3 Å². The summed E-state index contributed by atoms with van der Waals surface area (Å²) in [6, 6.07) is 0. The molecule has 0 aliphatic heterocycles. The maximum atomic E-state index is 10.8. The largest absolute Gasteiger partial charge is 0.460 e. The molecule has 15 heteroatoms. The Morgan fingerprint density at radius 1 is 0.400 bits per heavy atom. The van der Waals surface area contributed by atoms with Crippen molar-refractivity contribution in [1.82, 2.24) is 0 Å². The SMILES string of the molecule is C=CC(=O)OCCOCCOCCOCCOCCOCCOCCOCCOCCOCCOCCOCCO[Si](C)(C)C. The third kappa shape index (κ3) is 40.9. The monoisotopic (exact) mass is 672 g/mol. The number of hydrogen-bond donors (Lipinski definition) is 0. The molecule has 0 aliphatic carbocycles. The number of carbonyl (C=O) groups excluding carboxylic acids is 1. The normalized spacial score (nSPS) is 11.7. The third-order valence-electron chi connectivity index (χ3n) is 5.12. The standard InChI is InChI=1S/C30H60O14Si/c1-5-30(31)43-28-26-41-24-22-39-20-18-37-16-14-35-12-10-33-8-6-32-7-9-34-11-13-36-15-17-38-19-21-40-23-25-42-27-29-44-45(2,3)4/h5H,1,6-29H2,2-4H3. The summed E-state index contributed by atoms with van der Waals surface area (Å²) < 4.78 is 70.3. The number of rotatable bonds is 38. The molecule has 0 aliphatic rings. The van der Waals surface area contributed by atoms with Crippen LogP contribution in [0.4, 0.5) is 0 Å². The van der Waals surface area contributed by atoms with Gasteiger partial charge in [-0.05, 0) is 19.6 Å². The minimum absolute atomic E-state index is 0.198. The summed E-state index contributed by atoms with van der Waals surface area (Å²) in [5.74, 6) is -0.459. The lowest BCUT2D eigenvalue weighted by Gasteiger charge is -2.16. The second-order valence-corrected chi connectivity index (χ2v) is 14.6. The van der Waals surface area contributed by atoms with Crippen LogP contribution in [0.5, 0.6) is 0 Å². The van der Waals surface area contributed by atoms with E-state index in [-0.39, 0.29) is 6.61 Å². The molecule has 0 aromatic carbocycles. The Morgan fingerprint density at radius 3 is 0.800 bits per heavy atom. The van der Waals surface area contributed by atoms with Gasteiger partial charge in [-0.3, -0.25) is 0 Å². The van der Waals surface area contributed by atoms with Gasteiger partial charge in [-0.2, -0.15) is 0 Å². The zero-order chi connectivity index (χ0) is 32.9. The quantitative estimate of drug-likeness (QED) is 0.0408. The van der Waals surface area contributed by atoms with Gasteiger partial charge in [0.05, 0.1) is 152 Å². The van der Waals surface area contributed by atoms with Crippen molar-refractivity contribution in [2.45, 2.75) is 19.6 Å². The van der Waals surface area contributed by atoms with Crippen LogP contribution in [0.3, 0.4) is 0 Å². The first-order valence-electron chi connectivity index (χ1n) is 15.7. The third-order valence-corrected chi connectivity index (χ3v) is 6.19. The van der Waals surface area contributed by atoms with Gasteiger partial charge in [-0.1, -0.05) is 6.58 Å². The highest BCUT2D eigenvalue weighted by Gasteiger charge is 2.13. The molecule has 0 heterocycles. The molecule has 268 valence electrons. The van der Waals surface area contributed by atoms with Gasteiger partial charge in [0.25, 0.3) is 0 Å². The first-order valence-corrected chi connectivity index (χ1v) is 19.1. The van der Waals surface area contributed by atoms with Crippen LogP contribution in [-0.2, 0) is 66.1 Å². The molecule has 0 radical (unpaired) electrons. The molecule has 0 unspecified atom stereocenters. The Hall–Kier alpha value is -1.05. The maximum absolute atomic E-state index is 10.8. The minimum atomic E-state index is -1.45. The van der Waals surface area contributed by atoms with Crippen LogP contribution in [0.15, 0.2) is 12.7 Å². The van der Waals surface area contributed by atoms with Gasteiger partial charge in [0.2, 0.25) is 0 Å². The van der Waals surface area contributed by atoms with Crippen LogP contribution in [0, 0.1) is 0 Å². The molecule has 0 aromatic heterocycles. The van der Waals surface area contributed by atoms with E-state index in [1.165, 1.54) is 0 Å². The van der Waals surface area contributed by atoms with E-state index in [9.17, 15) is 4.79 Å². The fourth-order valence-electron chi connectivity index (χ4n) is 2.97. The van der Waals surface area contributed by atoms with Crippen LogP contribution in [0.25, 0.3) is 0 Å². The average Bonchev–Trinajstić information content (AvgIpc) is 3.01. The van der Waals surface area contributed by atoms with E-state index >= 15 is 0 Å².